The summed E-state index contributed by atoms with van der Waals surface area (Å²) in [6.07, 6.45) is 0.0220. The van der Waals surface area contributed by atoms with Gasteiger partial charge in [-0.15, -0.1) is 0 Å². The third-order valence-corrected chi connectivity index (χ3v) is 5.76. The fraction of sp³-hybridized carbons (Fsp3) is 0.400. The maximum absolute atomic E-state index is 13.4. The quantitative estimate of drug-likeness (QED) is 0.550. The van der Waals surface area contributed by atoms with E-state index >= 15 is 0 Å². The number of amides is 2. The van der Waals surface area contributed by atoms with Gasteiger partial charge in [0.2, 0.25) is 5.91 Å². The molecule has 0 aromatic heterocycles. The zero-order valence-corrected chi connectivity index (χ0v) is 18.1. The highest BCUT2D eigenvalue weighted by Gasteiger charge is 2.49. The smallest absolute Gasteiger partial charge is 0.261 e. The Hall–Kier alpha value is -2.75. The minimum atomic E-state index is -1.07. The summed E-state index contributed by atoms with van der Waals surface area (Å²) < 4.78 is 0. The van der Waals surface area contributed by atoms with Gasteiger partial charge in [0.15, 0.2) is 5.78 Å². The van der Waals surface area contributed by atoms with Crippen LogP contribution in [-0.4, -0.2) is 28.5 Å². The van der Waals surface area contributed by atoms with Crippen molar-refractivity contribution in [2.75, 3.05) is 0 Å². The number of benzene rings is 2. The van der Waals surface area contributed by atoms with Crippen LogP contribution in [0.3, 0.4) is 0 Å². The number of hydrogen-bond acceptors (Lipinski definition) is 3. The average Bonchev–Trinajstić information content (AvgIpc) is 2.66. The largest absolute Gasteiger partial charge is 0.294 e. The maximum Gasteiger partial charge on any atom is 0.261 e. The van der Waals surface area contributed by atoms with Crippen LogP contribution >= 0.6 is 0 Å². The van der Waals surface area contributed by atoms with Crippen molar-refractivity contribution in [3.8, 4) is 0 Å². The lowest BCUT2D eigenvalue weighted by Crippen LogP contribution is -2.56. The van der Waals surface area contributed by atoms with Crippen LogP contribution in [0.5, 0.6) is 0 Å². The number of imide groups is 1. The molecule has 4 heteroatoms. The second-order valence-corrected chi connectivity index (χ2v) is 9.38. The molecule has 2 amide bonds. The van der Waals surface area contributed by atoms with E-state index in [-0.39, 0.29) is 35.5 Å². The van der Waals surface area contributed by atoms with Gasteiger partial charge in [0.05, 0.1) is 5.41 Å². The molecule has 1 atom stereocenters. The van der Waals surface area contributed by atoms with E-state index in [0.29, 0.717) is 16.7 Å². The summed E-state index contributed by atoms with van der Waals surface area (Å²) in [4.78, 5) is 40.7. The molecule has 0 aliphatic carbocycles. The highest BCUT2D eigenvalue weighted by molar-refractivity contribution is 6.15. The van der Waals surface area contributed by atoms with E-state index in [1.54, 1.807) is 25.1 Å². The van der Waals surface area contributed by atoms with E-state index < -0.39 is 5.41 Å². The highest BCUT2D eigenvalue weighted by atomic mass is 16.2. The van der Waals surface area contributed by atoms with Crippen molar-refractivity contribution in [3.05, 3.63) is 70.8 Å². The second-order valence-electron chi connectivity index (χ2n) is 9.38. The predicted octanol–water partition coefficient (Wildman–Crippen LogP) is 4.91. The van der Waals surface area contributed by atoms with Crippen LogP contribution in [0.25, 0.3) is 0 Å². The fourth-order valence-corrected chi connectivity index (χ4v) is 3.97. The van der Waals surface area contributed by atoms with Crippen molar-refractivity contribution in [2.45, 2.75) is 64.8 Å². The Morgan fingerprint density at radius 2 is 1.59 bits per heavy atom. The molecule has 29 heavy (non-hydrogen) atoms. The lowest BCUT2D eigenvalue weighted by Gasteiger charge is -2.41. The van der Waals surface area contributed by atoms with E-state index in [0.717, 1.165) is 5.56 Å². The minimum Gasteiger partial charge on any atom is -0.294 e. The van der Waals surface area contributed by atoms with Crippen molar-refractivity contribution >= 4 is 17.6 Å². The van der Waals surface area contributed by atoms with Crippen molar-refractivity contribution < 1.29 is 14.4 Å². The molecule has 1 aliphatic rings. The Kier molecular flexibility index (Phi) is 5.24. The SMILES string of the molecule is CC(C)N1C(=O)c2ccccc2C(C)(CC(=O)c2ccc(C(C)(C)C)cc2)C1=O. The highest BCUT2D eigenvalue weighted by Crippen LogP contribution is 2.39. The first-order valence-corrected chi connectivity index (χ1v) is 10.1. The summed E-state index contributed by atoms with van der Waals surface area (Å²) >= 11 is 0. The molecule has 4 nitrogen and oxygen atoms in total. The van der Waals surface area contributed by atoms with E-state index in [2.05, 4.69) is 20.8 Å². The van der Waals surface area contributed by atoms with E-state index in [1.165, 1.54) is 4.90 Å². The Labute approximate surface area is 172 Å². The molecule has 1 unspecified atom stereocenters. The summed E-state index contributed by atoms with van der Waals surface area (Å²) in [5.41, 5.74) is 1.79. The third-order valence-electron chi connectivity index (χ3n) is 5.76. The summed E-state index contributed by atoms with van der Waals surface area (Å²) in [6, 6.07) is 14.5. The van der Waals surface area contributed by atoms with Gasteiger partial charge in [-0.2, -0.15) is 0 Å². The molecule has 2 aromatic rings. The number of hydrogen-bond donors (Lipinski definition) is 0. The molecule has 0 saturated carbocycles. The van der Waals surface area contributed by atoms with Crippen LogP contribution in [0.4, 0.5) is 0 Å². The van der Waals surface area contributed by atoms with Crippen molar-refractivity contribution in [1.82, 2.24) is 4.90 Å². The van der Waals surface area contributed by atoms with Crippen LogP contribution in [0.15, 0.2) is 48.5 Å². The topological polar surface area (TPSA) is 54.5 Å². The fourth-order valence-electron chi connectivity index (χ4n) is 3.97. The van der Waals surface area contributed by atoms with Crippen LogP contribution in [0.2, 0.25) is 0 Å². The van der Waals surface area contributed by atoms with Crippen LogP contribution in [-0.2, 0) is 15.6 Å². The Morgan fingerprint density at radius 3 is 2.14 bits per heavy atom. The number of rotatable bonds is 4. The van der Waals surface area contributed by atoms with E-state index in [9.17, 15) is 14.4 Å². The second kappa shape index (κ2) is 7.25. The molecular formula is C25H29NO3. The molecule has 0 radical (unpaired) electrons. The molecular weight excluding hydrogens is 362 g/mol. The summed E-state index contributed by atoms with van der Waals surface area (Å²) in [7, 11) is 0. The van der Waals surface area contributed by atoms with Crippen LogP contribution in [0, 0.1) is 0 Å². The van der Waals surface area contributed by atoms with Gasteiger partial charge in [-0.1, -0.05) is 63.2 Å². The normalized spacial score (nSPS) is 19.5. The third kappa shape index (κ3) is 3.64. The first-order chi connectivity index (χ1) is 13.5. The number of ketones is 1. The van der Waals surface area contributed by atoms with Gasteiger partial charge in [-0.25, -0.2) is 0 Å². The van der Waals surface area contributed by atoms with Gasteiger partial charge >= 0.3 is 0 Å². The van der Waals surface area contributed by atoms with Crippen molar-refractivity contribution in [1.29, 1.82) is 0 Å². The van der Waals surface area contributed by atoms with Gasteiger partial charge in [0.1, 0.15) is 0 Å². The molecule has 0 saturated heterocycles. The molecule has 2 aromatic carbocycles. The Balaban J connectivity index is 2.00. The van der Waals surface area contributed by atoms with E-state index in [4.69, 9.17) is 0 Å². The molecule has 152 valence electrons. The Bertz CT molecular complexity index is 966. The average molecular weight is 392 g/mol. The summed E-state index contributed by atoms with van der Waals surface area (Å²) in [6.45, 7) is 11.8. The van der Waals surface area contributed by atoms with Crippen molar-refractivity contribution in [3.63, 3.8) is 0 Å². The molecule has 1 heterocycles. The van der Waals surface area contributed by atoms with Gasteiger partial charge in [0, 0.05) is 23.6 Å². The van der Waals surface area contributed by atoms with Gasteiger partial charge in [-0.05, 0) is 43.4 Å². The molecule has 0 N–H and O–H groups in total. The standard InChI is InChI=1S/C25H29NO3/c1-16(2)26-22(28)19-9-7-8-10-20(19)25(6,23(26)29)15-21(27)17-11-13-18(14-12-17)24(3,4)5/h7-14,16H,15H2,1-6H3. The Morgan fingerprint density at radius 1 is 1.00 bits per heavy atom. The van der Waals surface area contributed by atoms with Crippen LogP contribution < -0.4 is 0 Å². The summed E-state index contributed by atoms with van der Waals surface area (Å²) in [5, 5.41) is 0. The van der Waals surface area contributed by atoms with Crippen molar-refractivity contribution in [2.24, 2.45) is 0 Å². The molecule has 1 aliphatic heterocycles. The number of carbonyl (C=O) groups excluding carboxylic acids is 3. The zero-order valence-electron chi connectivity index (χ0n) is 18.1. The number of fused-ring (bicyclic) bond motifs is 1. The first kappa shape index (κ1) is 21.0. The van der Waals surface area contributed by atoms with Gasteiger partial charge in [0.25, 0.3) is 5.91 Å². The summed E-state index contributed by atoms with van der Waals surface area (Å²) in [5.74, 6) is -0.704. The van der Waals surface area contributed by atoms with Crippen LogP contribution in [0.1, 0.15) is 79.8 Å². The van der Waals surface area contributed by atoms with E-state index in [1.807, 2.05) is 44.2 Å². The first-order valence-electron chi connectivity index (χ1n) is 10.1. The minimum absolute atomic E-state index is 0.00393. The lowest BCUT2D eigenvalue weighted by atomic mass is 9.71. The molecule has 0 bridgehead atoms. The zero-order chi connectivity index (χ0) is 21.6. The monoisotopic (exact) mass is 391 g/mol. The maximum atomic E-state index is 13.4. The number of Topliss-reactive ketones (excluding diaryl/α,β-unsaturated/α-hetero) is 1. The molecule has 0 fully saturated rings. The predicted molar refractivity (Wildman–Crippen MR) is 114 cm³/mol. The molecule has 3 rings (SSSR count). The number of nitrogens with zero attached hydrogens (tertiary/aromatic N) is 1. The number of carbonyl (C=O) groups is 3. The molecule has 0 spiro atoms. The van der Waals surface area contributed by atoms with Gasteiger partial charge < -0.3 is 0 Å². The van der Waals surface area contributed by atoms with Gasteiger partial charge in [-0.3, -0.25) is 19.3 Å². The lowest BCUT2D eigenvalue weighted by molar-refractivity contribution is -0.136.